The van der Waals surface area contributed by atoms with E-state index in [1.165, 1.54) is 6.26 Å². The molecule has 1 amide bonds. The molecule has 120 valence electrons. The molecule has 2 saturated heterocycles. The van der Waals surface area contributed by atoms with Gasteiger partial charge in [-0.05, 0) is 17.7 Å². The van der Waals surface area contributed by atoms with E-state index in [0.717, 1.165) is 44.8 Å². The number of amides is 1. The van der Waals surface area contributed by atoms with Crippen LogP contribution in [-0.2, 0) is 21.2 Å². The second-order valence-corrected chi connectivity index (χ2v) is 8.01. The molecular weight excluding hydrogens is 302 g/mol. The summed E-state index contributed by atoms with van der Waals surface area (Å²) < 4.78 is 22.9. The Morgan fingerprint density at radius 1 is 1.18 bits per heavy atom. The fourth-order valence-electron chi connectivity index (χ4n) is 3.08. The fourth-order valence-corrected chi connectivity index (χ4v) is 3.71. The lowest BCUT2D eigenvalue weighted by Gasteiger charge is -2.43. The van der Waals surface area contributed by atoms with Crippen LogP contribution in [0.2, 0.25) is 0 Å². The van der Waals surface area contributed by atoms with Gasteiger partial charge in [0.1, 0.15) is 6.04 Å². The Morgan fingerprint density at radius 3 is 2.59 bits per heavy atom. The molecule has 0 saturated carbocycles. The van der Waals surface area contributed by atoms with Crippen LogP contribution in [0.25, 0.3) is 0 Å². The topological polar surface area (TPSA) is 69.7 Å². The first-order valence-corrected chi connectivity index (χ1v) is 9.36. The molecule has 6 nitrogen and oxygen atoms in total. The van der Waals surface area contributed by atoms with Crippen molar-refractivity contribution in [3.63, 3.8) is 0 Å². The van der Waals surface area contributed by atoms with Gasteiger partial charge in [0.2, 0.25) is 5.91 Å². The monoisotopic (exact) mass is 323 g/mol. The number of sulfone groups is 1. The van der Waals surface area contributed by atoms with Crippen LogP contribution in [-0.4, -0.2) is 69.1 Å². The number of benzene rings is 1. The summed E-state index contributed by atoms with van der Waals surface area (Å²) in [6, 6.07) is 6.94. The molecule has 1 aromatic carbocycles. The van der Waals surface area contributed by atoms with Gasteiger partial charge in [-0.1, -0.05) is 12.1 Å². The molecule has 0 unspecified atom stereocenters. The molecule has 22 heavy (non-hydrogen) atoms. The summed E-state index contributed by atoms with van der Waals surface area (Å²) >= 11 is 0. The van der Waals surface area contributed by atoms with Crippen LogP contribution in [0.5, 0.6) is 0 Å². The lowest BCUT2D eigenvalue weighted by Crippen LogP contribution is -2.63. The minimum absolute atomic E-state index is 0.0576. The first-order valence-electron chi connectivity index (χ1n) is 7.46. The van der Waals surface area contributed by atoms with Crippen molar-refractivity contribution in [3.05, 3.63) is 29.8 Å². The third kappa shape index (κ3) is 3.31. The normalized spacial score (nSPS) is 23.9. The third-order valence-corrected chi connectivity index (χ3v) is 5.46. The maximum atomic E-state index is 11.9. The maximum absolute atomic E-state index is 11.9. The number of nitrogens with zero attached hydrogens (tertiary/aromatic N) is 2. The predicted molar refractivity (Wildman–Crippen MR) is 83.2 cm³/mol. The van der Waals surface area contributed by atoms with Gasteiger partial charge in [0, 0.05) is 45.5 Å². The number of fused-ring (bicyclic) bond motifs is 1. The van der Waals surface area contributed by atoms with Crippen molar-refractivity contribution in [1.82, 2.24) is 15.1 Å². The van der Waals surface area contributed by atoms with E-state index in [9.17, 15) is 13.2 Å². The van der Waals surface area contributed by atoms with E-state index in [-0.39, 0.29) is 11.9 Å². The van der Waals surface area contributed by atoms with Crippen molar-refractivity contribution in [1.29, 1.82) is 0 Å². The highest BCUT2D eigenvalue weighted by molar-refractivity contribution is 7.90. The van der Waals surface area contributed by atoms with Gasteiger partial charge in [-0.3, -0.25) is 14.6 Å². The van der Waals surface area contributed by atoms with Gasteiger partial charge in [-0.2, -0.15) is 0 Å². The standard InChI is InChI=1S/C15H21N3O3S/c1-22(20,21)13-4-2-12(3-5-13)10-17-8-9-18-7-6-16-15(19)14(18)11-17/h2-5,14H,6-11H2,1H3,(H,16,19)/t14-/m1/s1. The number of rotatable bonds is 3. The largest absolute Gasteiger partial charge is 0.353 e. The van der Waals surface area contributed by atoms with Crippen molar-refractivity contribution in [3.8, 4) is 0 Å². The minimum atomic E-state index is -3.15. The molecule has 3 rings (SSSR count). The van der Waals surface area contributed by atoms with Crippen LogP contribution in [0, 0.1) is 0 Å². The van der Waals surface area contributed by atoms with Gasteiger partial charge < -0.3 is 5.32 Å². The number of nitrogens with one attached hydrogen (secondary N) is 1. The molecule has 2 fully saturated rings. The van der Waals surface area contributed by atoms with Crippen LogP contribution < -0.4 is 5.32 Å². The number of hydrogen-bond acceptors (Lipinski definition) is 5. The highest BCUT2D eigenvalue weighted by Gasteiger charge is 2.34. The molecule has 0 radical (unpaired) electrons. The van der Waals surface area contributed by atoms with Gasteiger partial charge in [-0.15, -0.1) is 0 Å². The summed E-state index contributed by atoms with van der Waals surface area (Å²) in [5, 5.41) is 2.92. The van der Waals surface area contributed by atoms with Crippen LogP contribution in [0.3, 0.4) is 0 Å². The van der Waals surface area contributed by atoms with Crippen molar-refractivity contribution in [2.24, 2.45) is 0 Å². The molecule has 0 aliphatic carbocycles. The van der Waals surface area contributed by atoms with Crippen LogP contribution in [0.4, 0.5) is 0 Å². The summed E-state index contributed by atoms with van der Waals surface area (Å²) in [6.07, 6.45) is 1.21. The zero-order valence-corrected chi connectivity index (χ0v) is 13.5. The van der Waals surface area contributed by atoms with Gasteiger partial charge in [0.25, 0.3) is 0 Å². The second kappa shape index (κ2) is 5.98. The van der Waals surface area contributed by atoms with E-state index < -0.39 is 9.84 Å². The number of piperazine rings is 2. The van der Waals surface area contributed by atoms with Gasteiger partial charge >= 0.3 is 0 Å². The SMILES string of the molecule is CS(=O)(=O)c1ccc(CN2CCN3CCNC(=O)[C@H]3C2)cc1. The smallest absolute Gasteiger partial charge is 0.238 e. The van der Waals surface area contributed by atoms with E-state index in [2.05, 4.69) is 15.1 Å². The predicted octanol–water partition coefficient (Wildman–Crippen LogP) is -0.294. The van der Waals surface area contributed by atoms with Crippen molar-refractivity contribution in [2.45, 2.75) is 17.5 Å². The van der Waals surface area contributed by atoms with Gasteiger partial charge in [-0.25, -0.2) is 8.42 Å². The Balaban J connectivity index is 1.65. The van der Waals surface area contributed by atoms with Gasteiger partial charge in [0.15, 0.2) is 9.84 Å². The molecule has 0 spiro atoms. The molecule has 2 heterocycles. The van der Waals surface area contributed by atoms with Crippen LogP contribution >= 0.6 is 0 Å². The molecule has 0 aromatic heterocycles. The second-order valence-electron chi connectivity index (χ2n) is 5.99. The average molecular weight is 323 g/mol. The van der Waals surface area contributed by atoms with E-state index in [1.807, 2.05) is 12.1 Å². The molecule has 7 heteroatoms. The molecule has 1 atom stereocenters. The lowest BCUT2D eigenvalue weighted by molar-refractivity contribution is -0.131. The summed E-state index contributed by atoms with van der Waals surface area (Å²) in [5.74, 6) is 0.114. The third-order valence-electron chi connectivity index (χ3n) is 4.33. The molecule has 2 aliphatic rings. The summed E-state index contributed by atoms with van der Waals surface area (Å²) in [4.78, 5) is 16.8. The fraction of sp³-hybridized carbons (Fsp3) is 0.533. The number of hydrogen-bond donors (Lipinski definition) is 1. The van der Waals surface area contributed by atoms with Crippen LogP contribution in [0.15, 0.2) is 29.2 Å². The summed E-state index contributed by atoms with van der Waals surface area (Å²) in [7, 11) is -3.15. The van der Waals surface area contributed by atoms with Crippen molar-refractivity contribution in [2.75, 3.05) is 39.0 Å². The summed E-state index contributed by atoms with van der Waals surface area (Å²) in [5.41, 5.74) is 1.07. The highest BCUT2D eigenvalue weighted by atomic mass is 32.2. The van der Waals surface area contributed by atoms with E-state index >= 15 is 0 Å². The van der Waals surface area contributed by atoms with Gasteiger partial charge in [0.05, 0.1) is 4.90 Å². The molecule has 1 aromatic rings. The minimum Gasteiger partial charge on any atom is -0.353 e. The van der Waals surface area contributed by atoms with E-state index in [1.54, 1.807) is 12.1 Å². The zero-order chi connectivity index (χ0) is 15.7. The maximum Gasteiger partial charge on any atom is 0.238 e. The average Bonchev–Trinajstić information content (AvgIpc) is 2.48. The molecule has 0 bridgehead atoms. The van der Waals surface area contributed by atoms with Crippen molar-refractivity contribution < 1.29 is 13.2 Å². The highest BCUT2D eigenvalue weighted by Crippen LogP contribution is 2.16. The van der Waals surface area contributed by atoms with Crippen LogP contribution in [0.1, 0.15) is 5.56 Å². The van der Waals surface area contributed by atoms with Crippen molar-refractivity contribution >= 4 is 15.7 Å². The first-order chi connectivity index (χ1) is 10.4. The molecular formula is C15H21N3O3S. The zero-order valence-electron chi connectivity index (χ0n) is 12.7. The first kappa shape index (κ1) is 15.5. The summed E-state index contributed by atoms with van der Waals surface area (Å²) in [6.45, 7) is 4.95. The number of carbonyl (C=O) groups excluding carboxylic acids is 1. The van der Waals surface area contributed by atoms with E-state index in [4.69, 9.17) is 0 Å². The number of carbonyl (C=O) groups is 1. The molecule has 2 aliphatic heterocycles. The van der Waals surface area contributed by atoms with E-state index in [0.29, 0.717) is 4.90 Å². The Labute approximate surface area is 131 Å². The Morgan fingerprint density at radius 2 is 1.91 bits per heavy atom. The Kier molecular flexibility index (Phi) is 4.20. The molecule has 1 N–H and O–H groups in total. The Bertz CT molecular complexity index is 657. The lowest BCUT2D eigenvalue weighted by atomic mass is 10.1. The quantitative estimate of drug-likeness (QED) is 0.827. The Hall–Kier alpha value is -1.44.